The van der Waals surface area contributed by atoms with Crippen molar-refractivity contribution in [2.75, 3.05) is 0 Å². The molecule has 6 nitrogen and oxygen atoms in total. The van der Waals surface area contributed by atoms with Gasteiger partial charge in [0.1, 0.15) is 0 Å². The van der Waals surface area contributed by atoms with Gasteiger partial charge in [-0.05, 0) is 36.6 Å². The Kier molecular flexibility index (Phi) is 12.8. The van der Waals surface area contributed by atoms with Crippen molar-refractivity contribution in [3.8, 4) is 0 Å². The molecule has 8 heteroatoms. The average Bonchev–Trinajstić information content (AvgIpc) is 2.66. The lowest BCUT2D eigenvalue weighted by molar-refractivity contribution is 0.477. The summed E-state index contributed by atoms with van der Waals surface area (Å²) in [6, 6.07) is 3.13. The van der Waals surface area contributed by atoms with Crippen molar-refractivity contribution in [2.45, 2.75) is 113 Å². The van der Waals surface area contributed by atoms with Crippen LogP contribution in [-0.4, -0.2) is 25.9 Å². The van der Waals surface area contributed by atoms with Gasteiger partial charge in [-0.2, -0.15) is 16.8 Å². The molecule has 0 heterocycles. The Balaban J connectivity index is 2.25. The summed E-state index contributed by atoms with van der Waals surface area (Å²) in [6.07, 6.45) is 17.2. The highest BCUT2D eigenvalue weighted by atomic mass is 32.2. The zero-order valence-electron chi connectivity index (χ0n) is 18.2. The van der Waals surface area contributed by atoms with Gasteiger partial charge in [-0.1, -0.05) is 90.4 Å². The van der Waals surface area contributed by atoms with E-state index in [4.69, 9.17) is 4.55 Å². The first kappa shape index (κ1) is 27.1. The molecular weight excluding hydrogens is 424 g/mol. The molecule has 174 valence electrons. The molecule has 30 heavy (non-hydrogen) atoms. The van der Waals surface area contributed by atoms with Crippen LogP contribution in [0.3, 0.4) is 0 Å². The van der Waals surface area contributed by atoms with Crippen molar-refractivity contribution >= 4 is 20.2 Å². The molecule has 0 spiro atoms. The first-order chi connectivity index (χ1) is 14.2. The van der Waals surface area contributed by atoms with Gasteiger partial charge in [0.15, 0.2) is 0 Å². The molecule has 0 saturated heterocycles. The summed E-state index contributed by atoms with van der Waals surface area (Å²) in [5.74, 6) is 0. The van der Waals surface area contributed by atoms with Gasteiger partial charge in [-0.3, -0.25) is 9.11 Å². The monoisotopic (exact) mass is 462 g/mol. The molecule has 0 radical (unpaired) electrons. The second-order valence-electron chi connectivity index (χ2n) is 8.07. The van der Waals surface area contributed by atoms with Crippen LogP contribution in [0.1, 0.15) is 102 Å². The zero-order chi connectivity index (χ0) is 22.5. The van der Waals surface area contributed by atoms with E-state index in [1.54, 1.807) is 0 Å². The molecule has 0 bridgehead atoms. The second kappa shape index (κ2) is 14.2. The smallest absolute Gasteiger partial charge is 0.282 e. The molecule has 0 aliphatic rings. The molecule has 0 fully saturated rings. The number of aryl methyl sites for hydroxylation is 1. The molecule has 0 aliphatic heterocycles. The summed E-state index contributed by atoms with van der Waals surface area (Å²) < 4.78 is 64.1. The lowest BCUT2D eigenvalue weighted by Crippen LogP contribution is -2.06. The van der Waals surface area contributed by atoms with E-state index in [1.165, 1.54) is 64.2 Å². The van der Waals surface area contributed by atoms with Crippen molar-refractivity contribution in [1.82, 2.24) is 0 Å². The van der Waals surface area contributed by atoms with Crippen molar-refractivity contribution in [2.24, 2.45) is 0 Å². The molecule has 0 saturated carbocycles. The van der Waals surface area contributed by atoms with E-state index in [1.807, 2.05) is 0 Å². The second-order valence-corrected chi connectivity index (χ2v) is 10.9. The fourth-order valence-electron chi connectivity index (χ4n) is 3.67. The predicted octanol–water partition coefficient (Wildman–Crippen LogP) is 6.20. The molecule has 0 amide bonds. The van der Waals surface area contributed by atoms with Crippen molar-refractivity contribution in [3.63, 3.8) is 0 Å². The minimum atomic E-state index is -4.44. The van der Waals surface area contributed by atoms with Gasteiger partial charge < -0.3 is 0 Å². The highest BCUT2D eigenvalue weighted by Crippen LogP contribution is 2.23. The van der Waals surface area contributed by atoms with E-state index in [0.717, 1.165) is 37.5 Å². The SMILES string of the molecule is CCCCCCCCCCCCCCCCc1cc(S(=O)(=O)O)ccc1S(=O)(=O)O. The molecule has 1 aromatic rings. The van der Waals surface area contributed by atoms with Gasteiger partial charge in [0, 0.05) is 0 Å². The van der Waals surface area contributed by atoms with Crippen LogP contribution in [-0.2, 0) is 26.7 Å². The minimum absolute atomic E-state index is 0.214. The van der Waals surface area contributed by atoms with E-state index in [-0.39, 0.29) is 15.4 Å². The molecule has 0 atom stereocenters. The highest BCUT2D eigenvalue weighted by Gasteiger charge is 2.19. The Hall–Kier alpha value is -0.960. The third-order valence-electron chi connectivity index (χ3n) is 5.41. The fraction of sp³-hybridized carbons (Fsp3) is 0.727. The largest absolute Gasteiger partial charge is 0.294 e. The maximum absolute atomic E-state index is 11.5. The maximum atomic E-state index is 11.5. The third kappa shape index (κ3) is 11.4. The molecule has 1 rings (SSSR count). The molecule has 0 aromatic heterocycles. The quantitative estimate of drug-likeness (QED) is 0.211. The van der Waals surface area contributed by atoms with Gasteiger partial charge in [-0.25, -0.2) is 0 Å². The van der Waals surface area contributed by atoms with Crippen molar-refractivity contribution in [1.29, 1.82) is 0 Å². The maximum Gasteiger partial charge on any atom is 0.294 e. The third-order valence-corrected chi connectivity index (χ3v) is 7.21. The number of unbranched alkanes of at least 4 members (excludes halogenated alkanes) is 13. The Bertz CT molecular complexity index is 816. The first-order valence-corrected chi connectivity index (χ1v) is 14.1. The summed E-state index contributed by atoms with van der Waals surface area (Å²) >= 11 is 0. The van der Waals surface area contributed by atoms with E-state index >= 15 is 0 Å². The number of hydrogen-bond acceptors (Lipinski definition) is 4. The Labute approximate surface area is 183 Å². The highest BCUT2D eigenvalue weighted by molar-refractivity contribution is 7.86. The molecule has 0 aliphatic carbocycles. The van der Waals surface area contributed by atoms with Gasteiger partial charge in [0.05, 0.1) is 9.79 Å². The van der Waals surface area contributed by atoms with Crippen molar-refractivity contribution in [3.05, 3.63) is 23.8 Å². The Morgan fingerprint density at radius 1 is 0.633 bits per heavy atom. The Morgan fingerprint density at radius 3 is 1.47 bits per heavy atom. The lowest BCUT2D eigenvalue weighted by Gasteiger charge is -2.09. The molecule has 2 N–H and O–H groups in total. The fourth-order valence-corrected chi connectivity index (χ4v) is 4.94. The standard InChI is InChI=1S/C22H38O6S2/c1-2-3-4-5-6-7-8-9-10-11-12-13-14-15-16-20-19-21(29(23,24)25)17-18-22(20)30(26,27)28/h17-19H,2-16H2,1H3,(H,23,24,25)(H,26,27,28). The number of hydrogen-bond donors (Lipinski definition) is 2. The van der Waals surface area contributed by atoms with Crippen LogP contribution in [0.2, 0.25) is 0 Å². The molecule has 0 unspecified atom stereocenters. The first-order valence-electron chi connectivity index (χ1n) is 11.2. The molecule has 1 aromatic carbocycles. The summed E-state index contributed by atoms with van der Waals surface area (Å²) in [4.78, 5) is -0.667. The summed E-state index contributed by atoms with van der Waals surface area (Å²) in [5, 5.41) is 0. The summed E-state index contributed by atoms with van der Waals surface area (Å²) in [5.41, 5.74) is 0.214. The summed E-state index contributed by atoms with van der Waals surface area (Å²) in [7, 11) is -8.86. The zero-order valence-corrected chi connectivity index (χ0v) is 19.8. The normalized spacial score (nSPS) is 12.4. The van der Waals surface area contributed by atoms with Gasteiger partial charge in [0.2, 0.25) is 0 Å². The van der Waals surface area contributed by atoms with E-state index in [2.05, 4.69) is 6.92 Å². The average molecular weight is 463 g/mol. The van der Waals surface area contributed by atoms with Gasteiger partial charge >= 0.3 is 0 Å². The van der Waals surface area contributed by atoms with Gasteiger partial charge in [-0.15, -0.1) is 0 Å². The number of benzene rings is 1. The van der Waals surface area contributed by atoms with Crippen LogP contribution in [0.5, 0.6) is 0 Å². The lowest BCUT2D eigenvalue weighted by atomic mass is 10.0. The van der Waals surface area contributed by atoms with E-state index in [9.17, 15) is 21.4 Å². The Morgan fingerprint density at radius 2 is 1.07 bits per heavy atom. The van der Waals surface area contributed by atoms with Gasteiger partial charge in [0.25, 0.3) is 20.2 Å². The van der Waals surface area contributed by atoms with Crippen LogP contribution in [0.25, 0.3) is 0 Å². The summed E-state index contributed by atoms with van der Waals surface area (Å²) in [6.45, 7) is 2.23. The number of rotatable bonds is 17. The van der Waals surface area contributed by atoms with E-state index in [0.29, 0.717) is 12.8 Å². The van der Waals surface area contributed by atoms with Crippen LogP contribution >= 0.6 is 0 Å². The van der Waals surface area contributed by atoms with Crippen molar-refractivity contribution < 1.29 is 25.9 Å². The van der Waals surface area contributed by atoms with Crippen LogP contribution in [0, 0.1) is 0 Å². The van der Waals surface area contributed by atoms with E-state index < -0.39 is 20.2 Å². The predicted molar refractivity (Wildman–Crippen MR) is 120 cm³/mol. The van der Waals surface area contributed by atoms with Crippen LogP contribution < -0.4 is 0 Å². The van der Waals surface area contributed by atoms with Crippen LogP contribution in [0.4, 0.5) is 0 Å². The molecular formula is C22H38O6S2. The van der Waals surface area contributed by atoms with Crippen LogP contribution in [0.15, 0.2) is 28.0 Å². The topological polar surface area (TPSA) is 109 Å². The minimum Gasteiger partial charge on any atom is -0.282 e.